The number of hydrogen-bond donors (Lipinski definition) is 3. The van der Waals surface area contributed by atoms with E-state index in [0.29, 0.717) is 12.8 Å². The van der Waals surface area contributed by atoms with Gasteiger partial charge in [-0.05, 0) is 83.5 Å². The van der Waals surface area contributed by atoms with Gasteiger partial charge in [0.05, 0.1) is 19.8 Å². The van der Waals surface area contributed by atoms with Crippen LogP contribution in [0.2, 0.25) is 0 Å². The number of esters is 2. The van der Waals surface area contributed by atoms with E-state index in [1.54, 1.807) is 0 Å². The molecule has 0 fully saturated rings. The molecule has 0 saturated heterocycles. The Morgan fingerprint density at radius 1 is 0.564 bits per heavy atom. The smallest absolute Gasteiger partial charge is 0.462 e. The predicted molar refractivity (Wildman–Crippen MR) is 223 cm³/mol. The van der Waals surface area contributed by atoms with Crippen molar-refractivity contribution >= 4 is 19.8 Å². The highest BCUT2D eigenvalue weighted by Crippen LogP contribution is 2.43. The highest BCUT2D eigenvalue weighted by atomic mass is 31.2. The van der Waals surface area contributed by atoms with E-state index in [-0.39, 0.29) is 19.4 Å². The zero-order chi connectivity index (χ0) is 40.5. The third kappa shape index (κ3) is 39.4. The Kier molecular flexibility index (Phi) is 37.8. The molecule has 3 N–H and O–H groups in total. The highest BCUT2D eigenvalue weighted by molar-refractivity contribution is 7.47. The third-order valence-electron chi connectivity index (χ3n) is 8.34. The topological polar surface area (TPSA) is 149 Å². The van der Waals surface area contributed by atoms with E-state index in [0.717, 1.165) is 89.9 Å². The van der Waals surface area contributed by atoms with Gasteiger partial charge in [0.25, 0.3) is 0 Å². The molecule has 316 valence electrons. The quantitative estimate of drug-likeness (QED) is 0.0239. The zero-order valence-corrected chi connectivity index (χ0v) is 35.0. The summed E-state index contributed by atoms with van der Waals surface area (Å²) < 4.78 is 32.6. The molecule has 0 saturated carbocycles. The van der Waals surface area contributed by atoms with Gasteiger partial charge >= 0.3 is 19.8 Å². The molecule has 0 aromatic heterocycles. The number of aliphatic hydroxyl groups is 2. The first-order chi connectivity index (χ1) is 26.7. The molecule has 3 atom stereocenters. The SMILES string of the molecule is CC/C=C\C/C=C\C/C=C\CCCCCCCC(=O)O[C@H](COC(=O)CCCCCC/C=C\C/C=C\C/C=C\CCCCC)COP(=O)(O)OC[C@@H](O)CO. The van der Waals surface area contributed by atoms with Gasteiger partial charge < -0.3 is 24.6 Å². The maximum atomic E-state index is 12.6. The molecule has 0 bridgehead atoms. The fourth-order valence-electron chi connectivity index (χ4n) is 5.13. The number of hydrogen-bond acceptors (Lipinski definition) is 9. The van der Waals surface area contributed by atoms with Crippen LogP contribution in [0.25, 0.3) is 0 Å². The lowest BCUT2D eigenvalue weighted by molar-refractivity contribution is -0.161. The van der Waals surface area contributed by atoms with Crippen LogP contribution in [0.15, 0.2) is 72.9 Å². The first kappa shape index (κ1) is 52.4. The maximum Gasteiger partial charge on any atom is 0.472 e. The van der Waals surface area contributed by atoms with Crippen molar-refractivity contribution in [2.24, 2.45) is 0 Å². The van der Waals surface area contributed by atoms with Gasteiger partial charge in [0.15, 0.2) is 6.10 Å². The maximum absolute atomic E-state index is 12.6. The van der Waals surface area contributed by atoms with Crippen LogP contribution in [-0.4, -0.2) is 65.7 Å². The molecule has 0 heterocycles. The molecule has 0 spiro atoms. The molecule has 0 aromatic carbocycles. The van der Waals surface area contributed by atoms with Gasteiger partial charge in [-0.25, -0.2) is 4.57 Å². The van der Waals surface area contributed by atoms with E-state index in [4.69, 9.17) is 19.1 Å². The van der Waals surface area contributed by atoms with Gasteiger partial charge in [0, 0.05) is 12.8 Å². The van der Waals surface area contributed by atoms with Crippen molar-refractivity contribution in [1.82, 2.24) is 0 Å². The normalized spacial score (nSPS) is 14.6. The number of carbonyl (C=O) groups excluding carboxylic acids is 2. The summed E-state index contributed by atoms with van der Waals surface area (Å²) >= 11 is 0. The molecule has 0 aliphatic rings. The lowest BCUT2D eigenvalue weighted by Gasteiger charge is -2.20. The number of phosphoric acid groups is 1. The largest absolute Gasteiger partial charge is 0.472 e. The molecule has 10 nitrogen and oxygen atoms in total. The standard InChI is InChI=1S/C44H75O10P/c1-3-5-7-9-11-13-15-17-19-20-22-23-25-27-29-31-33-35-43(47)51-39-42(40-53-55(49,50)52-38-41(46)37-45)54-44(48)36-34-32-30-28-26-24-21-18-16-14-12-10-8-6-4-2/h6,8,11-14,17-19,21-23,41-42,45-46H,3-5,7,9-10,15-16,20,24-40H2,1-2H3,(H,49,50)/b8-6-,13-11-,14-12-,19-17-,21-18-,23-22-/t41-,42+/m0/s1. The molecule has 11 heteroatoms. The average Bonchev–Trinajstić information content (AvgIpc) is 3.17. The Hall–Kier alpha value is -2.59. The van der Waals surface area contributed by atoms with Crippen LogP contribution in [-0.2, 0) is 32.7 Å². The van der Waals surface area contributed by atoms with Crippen molar-refractivity contribution in [2.75, 3.05) is 26.4 Å². The lowest BCUT2D eigenvalue weighted by atomic mass is 10.1. The number of allylic oxidation sites excluding steroid dienone is 12. The molecule has 0 radical (unpaired) electrons. The summed E-state index contributed by atoms with van der Waals surface area (Å²) in [6.45, 7) is 2.17. The Morgan fingerprint density at radius 2 is 1.00 bits per heavy atom. The van der Waals surface area contributed by atoms with Gasteiger partial charge in [-0.3, -0.25) is 18.6 Å². The summed E-state index contributed by atoms with van der Waals surface area (Å²) in [7, 11) is -4.63. The number of aliphatic hydroxyl groups excluding tert-OH is 2. The molecular formula is C44H75O10P. The molecular weight excluding hydrogens is 719 g/mol. The van der Waals surface area contributed by atoms with Crippen molar-refractivity contribution in [3.8, 4) is 0 Å². The second-order valence-corrected chi connectivity index (χ2v) is 15.1. The average molecular weight is 795 g/mol. The minimum absolute atomic E-state index is 0.156. The Labute approximate surface area is 333 Å². The zero-order valence-electron chi connectivity index (χ0n) is 34.1. The van der Waals surface area contributed by atoms with E-state index in [1.807, 2.05) is 0 Å². The van der Waals surface area contributed by atoms with Crippen LogP contribution in [0, 0.1) is 0 Å². The van der Waals surface area contributed by atoms with Gasteiger partial charge in [0.1, 0.15) is 12.7 Å². The van der Waals surface area contributed by atoms with E-state index in [1.165, 1.54) is 25.7 Å². The van der Waals surface area contributed by atoms with Crippen LogP contribution in [0.4, 0.5) is 0 Å². The summed E-state index contributed by atoms with van der Waals surface area (Å²) in [6, 6.07) is 0. The van der Waals surface area contributed by atoms with Gasteiger partial charge in [-0.1, -0.05) is 132 Å². The lowest BCUT2D eigenvalue weighted by Crippen LogP contribution is -2.29. The molecule has 0 aliphatic carbocycles. The predicted octanol–water partition coefficient (Wildman–Crippen LogP) is 10.9. The first-order valence-corrected chi connectivity index (χ1v) is 22.4. The van der Waals surface area contributed by atoms with Crippen molar-refractivity contribution < 1.29 is 47.8 Å². The minimum Gasteiger partial charge on any atom is -0.462 e. The molecule has 0 amide bonds. The van der Waals surface area contributed by atoms with Gasteiger partial charge in [0.2, 0.25) is 0 Å². The van der Waals surface area contributed by atoms with Crippen LogP contribution in [0.1, 0.15) is 155 Å². The monoisotopic (exact) mass is 795 g/mol. The molecule has 1 unspecified atom stereocenters. The van der Waals surface area contributed by atoms with Gasteiger partial charge in [-0.15, -0.1) is 0 Å². The van der Waals surface area contributed by atoms with E-state index in [9.17, 15) is 24.2 Å². The Morgan fingerprint density at radius 3 is 1.51 bits per heavy atom. The van der Waals surface area contributed by atoms with Crippen molar-refractivity contribution in [3.63, 3.8) is 0 Å². The van der Waals surface area contributed by atoms with Crippen molar-refractivity contribution in [1.29, 1.82) is 0 Å². The summed E-state index contributed by atoms with van der Waals surface area (Å²) in [5.74, 6) is -0.977. The number of phosphoric ester groups is 1. The second kappa shape index (κ2) is 39.6. The van der Waals surface area contributed by atoms with Crippen LogP contribution < -0.4 is 0 Å². The summed E-state index contributed by atoms with van der Waals surface area (Å²) in [6.07, 6.45) is 44.3. The van der Waals surface area contributed by atoms with E-state index in [2.05, 4.69) is 91.3 Å². The molecule has 55 heavy (non-hydrogen) atoms. The fourth-order valence-corrected chi connectivity index (χ4v) is 5.92. The summed E-state index contributed by atoms with van der Waals surface area (Å²) in [5, 5.41) is 18.3. The number of rotatable bonds is 38. The summed E-state index contributed by atoms with van der Waals surface area (Å²) in [4.78, 5) is 34.9. The van der Waals surface area contributed by atoms with Crippen LogP contribution in [0.5, 0.6) is 0 Å². The third-order valence-corrected chi connectivity index (χ3v) is 9.30. The molecule has 0 aromatic rings. The van der Waals surface area contributed by atoms with E-state index >= 15 is 0 Å². The molecule has 0 rings (SSSR count). The Balaban J connectivity index is 4.40. The Bertz CT molecular complexity index is 1140. The van der Waals surface area contributed by atoms with Crippen LogP contribution >= 0.6 is 7.82 Å². The first-order valence-electron chi connectivity index (χ1n) is 20.9. The number of ether oxygens (including phenoxy) is 2. The minimum atomic E-state index is -4.63. The van der Waals surface area contributed by atoms with Crippen molar-refractivity contribution in [2.45, 2.75) is 167 Å². The van der Waals surface area contributed by atoms with E-state index < -0.39 is 51.8 Å². The fraction of sp³-hybridized carbons (Fsp3) is 0.682. The van der Waals surface area contributed by atoms with Crippen molar-refractivity contribution in [3.05, 3.63) is 72.9 Å². The number of unbranched alkanes of at least 4 members (excludes halogenated alkanes) is 12. The van der Waals surface area contributed by atoms with Gasteiger partial charge in [-0.2, -0.15) is 0 Å². The second-order valence-electron chi connectivity index (χ2n) is 13.6. The number of carbonyl (C=O) groups is 2. The highest BCUT2D eigenvalue weighted by Gasteiger charge is 2.27. The summed E-state index contributed by atoms with van der Waals surface area (Å²) in [5.41, 5.74) is 0. The molecule has 0 aliphatic heterocycles. The van der Waals surface area contributed by atoms with Crippen LogP contribution in [0.3, 0.4) is 0 Å².